The first kappa shape index (κ1) is 25.8. The zero-order valence-corrected chi connectivity index (χ0v) is 20.6. The Labute approximate surface area is 207 Å². The number of carbonyl (C=O) groups is 2. The number of hydrogen-bond donors (Lipinski definition) is 1. The molecular weight excluding hydrogens is 440 g/mol. The summed E-state index contributed by atoms with van der Waals surface area (Å²) in [4.78, 5) is 28.6. The maximum atomic E-state index is 13.5. The smallest absolute Gasteiger partial charge is 0.261 e. The van der Waals surface area contributed by atoms with Gasteiger partial charge in [0.15, 0.2) is 6.61 Å². The maximum Gasteiger partial charge on any atom is 0.261 e. The summed E-state index contributed by atoms with van der Waals surface area (Å²) in [5, 5.41) is 3.03. The predicted octanol–water partition coefficient (Wildman–Crippen LogP) is 5.01. The molecule has 35 heavy (non-hydrogen) atoms. The largest absolute Gasteiger partial charge is 0.497 e. The Kier molecular flexibility index (Phi) is 9.72. The van der Waals surface area contributed by atoms with E-state index in [-0.39, 0.29) is 25.0 Å². The van der Waals surface area contributed by atoms with Crippen LogP contribution in [0.5, 0.6) is 11.5 Å². The van der Waals surface area contributed by atoms with Gasteiger partial charge in [-0.25, -0.2) is 0 Å². The Morgan fingerprint density at radius 1 is 0.857 bits per heavy atom. The molecule has 0 aromatic heterocycles. The van der Waals surface area contributed by atoms with Crippen LogP contribution < -0.4 is 14.8 Å². The second kappa shape index (κ2) is 13.2. The van der Waals surface area contributed by atoms with Crippen molar-refractivity contribution in [2.24, 2.45) is 5.92 Å². The number of para-hydroxylation sites is 1. The van der Waals surface area contributed by atoms with Crippen LogP contribution in [0.4, 0.5) is 0 Å². The van der Waals surface area contributed by atoms with Gasteiger partial charge in [0.25, 0.3) is 5.91 Å². The van der Waals surface area contributed by atoms with Crippen molar-refractivity contribution in [2.45, 2.75) is 32.9 Å². The van der Waals surface area contributed by atoms with Crippen LogP contribution in [-0.2, 0) is 16.1 Å². The Morgan fingerprint density at radius 2 is 1.49 bits per heavy atom. The van der Waals surface area contributed by atoms with Gasteiger partial charge in [-0.3, -0.25) is 9.59 Å². The van der Waals surface area contributed by atoms with E-state index >= 15 is 0 Å². The Morgan fingerprint density at radius 3 is 2.09 bits per heavy atom. The maximum absolute atomic E-state index is 13.5. The summed E-state index contributed by atoms with van der Waals surface area (Å²) in [7, 11) is 1.61. The van der Waals surface area contributed by atoms with Crippen LogP contribution in [0, 0.1) is 5.92 Å². The van der Waals surface area contributed by atoms with Gasteiger partial charge in [-0.05, 0) is 47.7 Å². The molecule has 3 aromatic carbocycles. The molecule has 3 aromatic rings. The lowest BCUT2D eigenvalue weighted by Crippen LogP contribution is -2.45. The van der Waals surface area contributed by atoms with Gasteiger partial charge in [0.05, 0.1) is 7.11 Å². The topological polar surface area (TPSA) is 67.9 Å². The van der Waals surface area contributed by atoms with Crippen LogP contribution >= 0.6 is 0 Å². The van der Waals surface area contributed by atoms with E-state index in [0.717, 1.165) is 23.3 Å². The highest BCUT2D eigenvalue weighted by Crippen LogP contribution is 2.25. The highest BCUT2D eigenvalue weighted by atomic mass is 16.5. The van der Waals surface area contributed by atoms with E-state index in [9.17, 15) is 9.59 Å². The van der Waals surface area contributed by atoms with Crippen LogP contribution in [-0.4, -0.2) is 37.0 Å². The zero-order chi connectivity index (χ0) is 25.0. The molecule has 6 heteroatoms. The molecule has 184 valence electrons. The van der Waals surface area contributed by atoms with Crippen LogP contribution in [0.25, 0.3) is 0 Å². The number of nitrogens with zero attached hydrogens (tertiary/aromatic N) is 1. The molecule has 0 heterocycles. The molecule has 0 saturated carbocycles. The van der Waals surface area contributed by atoms with E-state index in [1.807, 2.05) is 72.8 Å². The molecule has 0 bridgehead atoms. The lowest BCUT2D eigenvalue weighted by atomic mass is 10.0. The van der Waals surface area contributed by atoms with Crippen molar-refractivity contribution in [3.8, 4) is 11.5 Å². The molecule has 0 aliphatic carbocycles. The number of ether oxygens (including phenoxy) is 2. The normalized spacial score (nSPS) is 11.5. The van der Waals surface area contributed by atoms with Gasteiger partial charge in [0.2, 0.25) is 5.91 Å². The number of amides is 2. The van der Waals surface area contributed by atoms with E-state index in [2.05, 4.69) is 19.2 Å². The van der Waals surface area contributed by atoms with Gasteiger partial charge >= 0.3 is 0 Å². The van der Waals surface area contributed by atoms with E-state index in [1.165, 1.54) is 0 Å². The van der Waals surface area contributed by atoms with Gasteiger partial charge in [-0.15, -0.1) is 0 Å². The van der Waals surface area contributed by atoms with Crippen molar-refractivity contribution in [1.82, 2.24) is 10.2 Å². The summed E-state index contributed by atoms with van der Waals surface area (Å²) in [6.45, 7) is 4.84. The molecule has 0 spiro atoms. The average molecular weight is 475 g/mol. The predicted molar refractivity (Wildman–Crippen MR) is 137 cm³/mol. The first-order chi connectivity index (χ1) is 17.0. The molecule has 0 aliphatic rings. The molecule has 1 unspecified atom stereocenters. The molecule has 1 N–H and O–H groups in total. The summed E-state index contributed by atoms with van der Waals surface area (Å²) < 4.78 is 11.0. The van der Waals surface area contributed by atoms with Crippen molar-refractivity contribution in [3.63, 3.8) is 0 Å². The van der Waals surface area contributed by atoms with Gasteiger partial charge in [0.1, 0.15) is 17.5 Å². The third-order valence-electron chi connectivity index (χ3n) is 5.63. The van der Waals surface area contributed by atoms with E-state index < -0.39 is 6.04 Å². The number of methoxy groups -OCH3 is 1. The summed E-state index contributed by atoms with van der Waals surface area (Å²) in [5.41, 5.74) is 1.63. The quantitative estimate of drug-likeness (QED) is 0.401. The minimum absolute atomic E-state index is 0.178. The third-order valence-corrected chi connectivity index (χ3v) is 5.63. The lowest BCUT2D eigenvalue weighted by Gasteiger charge is -2.31. The number of hydrogen-bond acceptors (Lipinski definition) is 4. The summed E-state index contributed by atoms with van der Waals surface area (Å²) >= 11 is 0. The highest BCUT2D eigenvalue weighted by molar-refractivity contribution is 5.89. The fraction of sp³-hybridized carbons (Fsp3) is 0.310. The minimum atomic E-state index is -0.794. The third kappa shape index (κ3) is 7.88. The number of nitrogens with one attached hydrogen (secondary N) is 1. The standard InChI is InChI=1S/C29H34N2O4/c1-22(2)18-19-30-29(33)28(24-10-6-4-7-11-24)31(20-23-14-16-25(34-3)17-15-23)27(32)21-35-26-12-8-5-9-13-26/h4-17,22,28H,18-21H2,1-3H3,(H,30,33). The van der Waals surface area contributed by atoms with Gasteiger partial charge < -0.3 is 19.7 Å². The van der Waals surface area contributed by atoms with Crippen LogP contribution in [0.3, 0.4) is 0 Å². The monoisotopic (exact) mass is 474 g/mol. The van der Waals surface area contributed by atoms with Gasteiger partial charge in [-0.1, -0.05) is 74.5 Å². The molecule has 1 atom stereocenters. The number of carbonyl (C=O) groups excluding carboxylic acids is 2. The second-order valence-corrected chi connectivity index (χ2v) is 8.76. The molecule has 3 rings (SSSR count). The lowest BCUT2D eigenvalue weighted by molar-refractivity contribution is -0.143. The van der Waals surface area contributed by atoms with E-state index in [1.54, 1.807) is 24.1 Å². The fourth-order valence-electron chi connectivity index (χ4n) is 3.68. The van der Waals surface area contributed by atoms with Gasteiger partial charge in [0, 0.05) is 13.1 Å². The molecule has 0 fully saturated rings. The molecule has 2 amide bonds. The summed E-state index contributed by atoms with van der Waals surface area (Å²) in [6, 6.07) is 25.3. The minimum Gasteiger partial charge on any atom is -0.497 e. The zero-order valence-electron chi connectivity index (χ0n) is 20.6. The molecule has 0 saturated heterocycles. The fourth-order valence-corrected chi connectivity index (χ4v) is 3.68. The average Bonchev–Trinajstić information content (AvgIpc) is 2.88. The Bertz CT molecular complexity index is 1050. The van der Waals surface area contributed by atoms with Crippen molar-refractivity contribution in [3.05, 3.63) is 96.1 Å². The Balaban J connectivity index is 1.90. The first-order valence-corrected chi connectivity index (χ1v) is 11.9. The highest BCUT2D eigenvalue weighted by Gasteiger charge is 2.31. The van der Waals surface area contributed by atoms with Crippen LogP contribution in [0.1, 0.15) is 37.4 Å². The van der Waals surface area contributed by atoms with Crippen molar-refractivity contribution in [1.29, 1.82) is 0 Å². The van der Waals surface area contributed by atoms with Crippen LogP contribution in [0.15, 0.2) is 84.9 Å². The van der Waals surface area contributed by atoms with Gasteiger partial charge in [-0.2, -0.15) is 0 Å². The first-order valence-electron chi connectivity index (χ1n) is 11.9. The molecule has 6 nitrogen and oxygen atoms in total. The van der Waals surface area contributed by atoms with E-state index in [0.29, 0.717) is 18.2 Å². The van der Waals surface area contributed by atoms with Crippen molar-refractivity contribution < 1.29 is 19.1 Å². The number of benzene rings is 3. The number of rotatable bonds is 12. The second-order valence-electron chi connectivity index (χ2n) is 8.76. The molecule has 0 aliphatic heterocycles. The van der Waals surface area contributed by atoms with Crippen LogP contribution in [0.2, 0.25) is 0 Å². The molecular formula is C29H34N2O4. The Hall–Kier alpha value is -3.80. The van der Waals surface area contributed by atoms with E-state index in [4.69, 9.17) is 9.47 Å². The summed E-state index contributed by atoms with van der Waals surface area (Å²) in [6.07, 6.45) is 0.858. The SMILES string of the molecule is COc1ccc(CN(C(=O)COc2ccccc2)C(C(=O)NCCC(C)C)c2ccccc2)cc1. The van der Waals surface area contributed by atoms with Crippen molar-refractivity contribution in [2.75, 3.05) is 20.3 Å². The molecule has 0 radical (unpaired) electrons. The summed E-state index contributed by atoms with van der Waals surface area (Å²) in [5.74, 6) is 1.30. The van der Waals surface area contributed by atoms with Crippen molar-refractivity contribution >= 4 is 11.8 Å².